The van der Waals surface area contributed by atoms with Crippen molar-refractivity contribution in [2.75, 3.05) is 31.7 Å². The molecule has 11 nitrogen and oxygen atoms in total. The number of likely N-dealkylation sites (tertiary alicyclic amines) is 1. The highest BCUT2D eigenvalue weighted by Crippen LogP contribution is 2.44. The molecule has 0 bridgehead atoms. The second-order valence-corrected chi connectivity index (χ2v) is 16.4. The molecule has 2 aliphatic carbocycles. The quantitative estimate of drug-likeness (QED) is 0.307. The van der Waals surface area contributed by atoms with Crippen LogP contribution in [0.4, 0.5) is 14.9 Å². The smallest absolute Gasteiger partial charge is 0.407 e. The number of aromatic nitrogens is 1. The first kappa shape index (κ1) is 35.7. The molecule has 2 aromatic rings. The molecule has 7 rings (SSSR count). The fourth-order valence-electron chi connectivity index (χ4n) is 9.58. The maximum absolute atomic E-state index is 14.3. The topological polar surface area (TPSA) is 128 Å². The summed E-state index contributed by atoms with van der Waals surface area (Å²) in [5.41, 5.74) is 0.592. The molecule has 2 saturated carbocycles. The van der Waals surface area contributed by atoms with E-state index in [0.29, 0.717) is 75.6 Å². The van der Waals surface area contributed by atoms with Crippen LogP contribution < -0.4 is 10.6 Å². The molecule has 3 amide bonds. The minimum atomic E-state index is -0.740. The number of alkyl carbamates (subject to hydrolysis) is 1. The van der Waals surface area contributed by atoms with E-state index in [9.17, 15) is 23.6 Å². The molecule has 4 heterocycles. The standard InChI is InChI=1S/C39H53FN4O7/c1-38(2,3)51-37(48)42-30(23-40)25-9-11-26(12-10-25)35(46)43-18-15-29(24-7-5-4-6-8-24)33(43)34(45)41-28-13-14-31-27(21-28)22-32-36(47)50-39(44(31)32)16-19-49-20-17-39/h13-14,21-22,24-26,29-30,33H,4-12,15-20,23H2,1-3H3,(H,41,45)(H,42,48)/t25?,26?,29-,30+,33-/m0/s1. The Morgan fingerprint density at radius 3 is 2.41 bits per heavy atom. The van der Waals surface area contributed by atoms with Crippen LogP contribution in [0, 0.1) is 23.7 Å². The number of nitrogens with one attached hydrogen (secondary N) is 2. The number of fused-ring (bicyclic) bond motifs is 4. The minimum absolute atomic E-state index is 0.00314. The normalized spacial score (nSPS) is 27.2. The Balaban J connectivity index is 1.06. The average molecular weight is 709 g/mol. The number of halogens is 1. The third kappa shape index (κ3) is 7.22. The molecule has 4 fully saturated rings. The van der Waals surface area contributed by atoms with Crippen molar-refractivity contribution in [2.45, 2.75) is 121 Å². The molecule has 2 saturated heterocycles. The number of benzene rings is 1. The molecule has 278 valence electrons. The van der Waals surface area contributed by atoms with E-state index in [2.05, 4.69) is 10.6 Å². The van der Waals surface area contributed by atoms with Gasteiger partial charge in [-0.3, -0.25) is 14.2 Å². The van der Waals surface area contributed by atoms with Crippen molar-refractivity contribution in [3.63, 3.8) is 0 Å². The first-order chi connectivity index (χ1) is 24.5. The van der Waals surface area contributed by atoms with Crippen LogP contribution in [-0.4, -0.2) is 77.5 Å². The number of hydrogen-bond acceptors (Lipinski definition) is 7. The van der Waals surface area contributed by atoms with Crippen LogP contribution in [0.5, 0.6) is 0 Å². The largest absolute Gasteiger partial charge is 0.444 e. The summed E-state index contributed by atoms with van der Waals surface area (Å²) < 4.78 is 32.9. The van der Waals surface area contributed by atoms with E-state index in [1.165, 1.54) is 6.42 Å². The first-order valence-corrected chi connectivity index (χ1v) is 19.1. The van der Waals surface area contributed by atoms with Crippen LogP contribution in [-0.2, 0) is 29.5 Å². The monoisotopic (exact) mass is 708 g/mol. The third-order valence-corrected chi connectivity index (χ3v) is 12.1. The van der Waals surface area contributed by atoms with Crippen LogP contribution in [0.15, 0.2) is 24.3 Å². The van der Waals surface area contributed by atoms with Gasteiger partial charge in [-0.15, -0.1) is 0 Å². The van der Waals surface area contributed by atoms with E-state index in [0.717, 1.165) is 43.0 Å². The fraction of sp³-hybridized carbons (Fsp3) is 0.692. The fourth-order valence-corrected chi connectivity index (χ4v) is 9.58. The van der Waals surface area contributed by atoms with Crippen molar-refractivity contribution in [1.29, 1.82) is 0 Å². The van der Waals surface area contributed by atoms with Gasteiger partial charge in [0.2, 0.25) is 11.8 Å². The second kappa shape index (κ2) is 14.4. The Kier molecular flexibility index (Phi) is 10.1. The van der Waals surface area contributed by atoms with E-state index < -0.39 is 36.2 Å². The van der Waals surface area contributed by atoms with Crippen molar-refractivity contribution in [3.05, 3.63) is 30.0 Å². The van der Waals surface area contributed by atoms with E-state index in [4.69, 9.17) is 14.2 Å². The number of carbonyl (C=O) groups excluding carboxylic acids is 4. The lowest BCUT2D eigenvalue weighted by atomic mass is 9.76. The van der Waals surface area contributed by atoms with Gasteiger partial charge in [-0.1, -0.05) is 32.1 Å². The van der Waals surface area contributed by atoms with Crippen molar-refractivity contribution >= 4 is 40.5 Å². The van der Waals surface area contributed by atoms with Gasteiger partial charge in [0.1, 0.15) is 24.0 Å². The number of rotatable bonds is 7. The van der Waals surface area contributed by atoms with Gasteiger partial charge in [-0.2, -0.15) is 0 Å². The molecular formula is C39H53FN4O7. The molecule has 0 unspecified atom stereocenters. The number of hydrogen-bond donors (Lipinski definition) is 2. The third-order valence-electron chi connectivity index (χ3n) is 12.1. The minimum Gasteiger partial charge on any atom is -0.444 e. The summed E-state index contributed by atoms with van der Waals surface area (Å²) in [6, 6.07) is 6.31. The number of carbonyl (C=O) groups is 4. The van der Waals surface area contributed by atoms with Crippen LogP contribution in [0.25, 0.3) is 10.9 Å². The van der Waals surface area contributed by atoms with Gasteiger partial charge in [-0.25, -0.2) is 14.0 Å². The zero-order valence-electron chi connectivity index (χ0n) is 30.2. The van der Waals surface area contributed by atoms with E-state index in [1.807, 2.05) is 33.7 Å². The Morgan fingerprint density at radius 2 is 1.73 bits per heavy atom. The Morgan fingerprint density at radius 1 is 1.00 bits per heavy atom. The maximum atomic E-state index is 14.3. The Hall–Kier alpha value is -3.67. The number of esters is 1. The highest BCUT2D eigenvalue weighted by molar-refractivity contribution is 6.02. The molecule has 3 aliphatic heterocycles. The van der Waals surface area contributed by atoms with Crippen LogP contribution in [0.3, 0.4) is 0 Å². The summed E-state index contributed by atoms with van der Waals surface area (Å²) in [6.07, 6.45) is 9.37. The average Bonchev–Trinajstić information content (AvgIpc) is 3.80. The number of nitrogens with zero attached hydrogens (tertiary/aromatic N) is 2. The molecule has 2 N–H and O–H groups in total. The highest BCUT2D eigenvalue weighted by atomic mass is 19.1. The van der Waals surface area contributed by atoms with Crippen molar-refractivity contribution in [1.82, 2.24) is 14.8 Å². The summed E-state index contributed by atoms with van der Waals surface area (Å²) in [5, 5.41) is 6.72. The predicted molar refractivity (Wildman–Crippen MR) is 189 cm³/mol. The maximum Gasteiger partial charge on any atom is 0.407 e. The molecule has 12 heteroatoms. The molecule has 51 heavy (non-hydrogen) atoms. The summed E-state index contributed by atoms with van der Waals surface area (Å²) in [7, 11) is 0. The Bertz CT molecular complexity index is 1630. The number of amides is 3. The lowest BCUT2D eigenvalue weighted by Gasteiger charge is -2.37. The second-order valence-electron chi connectivity index (χ2n) is 16.4. The van der Waals surface area contributed by atoms with Gasteiger partial charge in [-0.05, 0) is 94.9 Å². The van der Waals surface area contributed by atoms with Gasteiger partial charge >= 0.3 is 12.1 Å². The highest BCUT2D eigenvalue weighted by Gasteiger charge is 2.49. The van der Waals surface area contributed by atoms with E-state index in [-0.39, 0.29) is 35.5 Å². The van der Waals surface area contributed by atoms with Crippen molar-refractivity contribution < 1.29 is 37.8 Å². The molecule has 3 atom stereocenters. The zero-order chi connectivity index (χ0) is 35.9. The zero-order valence-corrected chi connectivity index (χ0v) is 30.2. The SMILES string of the molecule is CC(C)(C)OC(=O)N[C@H](CF)C1CCC(C(=O)N2CC[C@@H](C3CCCCC3)[C@H]2C(=O)Nc2ccc3c(c2)cc2n3C3(CCOCC3)OC2=O)CC1. The van der Waals surface area contributed by atoms with E-state index in [1.54, 1.807) is 20.8 Å². The molecule has 1 aromatic carbocycles. The lowest BCUT2D eigenvalue weighted by Crippen LogP contribution is -2.50. The molecule has 1 aromatic heterocycles. The van der Waals surface area contributed by atoms with Gasteiger partial charge in [0.05, 0.1) is 24.8 Å². The summed E-state index contributed by atoms with van der Waals surface area (Å²) in [4.78, 5) is 55.6. The van der Waals surface area contributed by atoms with Gasteiger partial charge in [0.25, 0.3) is 0 Å². The summed E-state index contributed by atoms with van der Waals surface area (Å²) >= 11 is 0. The number of alkyl halides is 1. The number of anilines is 1. The van der Waals surface area contributed by atoms with Crippen LogP contribution >= 0.6 is 0 Å². The van der Waals surface area contributed by atoms with Gasteiger partial charge in [0.15, 0.2) is 5.72 Å². The van der Waals surface area contributed by atoms with Gasteiger partial charge < -0.3 is 29.7 Å². The van der Waals surface area contributed by atoms with Crippen LogP contribution in [0.1, 0.15) is 108 Å². The van der Waals surface area contributed by atoms with Crippen molar-refractivity contribution in [2.24, 2.45) is 23.7 Å². The van der Waals surface area contributed by atoms with Crippen LogP contribution in [0.2, 0.25) is 0 Å². The Labute approximate surface area is 299 Å². The lowest BCUT2D eigenvalue weighted by molar-refractivity contribution is -0.142. The summed E-state index contributed by atoms with van der Waals surface area (Å²) in [5.74, 6) is -0.369. The molecule has 5 aliphatic rings. The first-order valence-electron chi connectivity index (χ1n) is 19.1. The summed E-state index contributed by atoms with van der Waals surface area (Å²) in [6.45, 7) is 6.19. The predicted octanol–water partition coefficient (Wildman–Crippen LogP) is 6.68. The van der Waals surface area contributed by atoms with E-state index >= 15 is 0 Å². The molecule has 1 spiro atoms. The van der Waals surface area contributed by atoms with Gasteiger partial charge in [0, 0.05) is 36.4 Å². The van der Waals surface area contributed by atoms with Crippen molar-refractivity contribution in [3.8, 4) is 0 Å². The number of ether oxygens (including phenoxy) is 3. The molecule has 0 radical (unpaired) electrons. The molecular weight excluding hydrogens is 655 g/mol.